The van der Waals surface area contributed by atoms with E-state index in [9.17, 15) is 0 Å². The van der Waals surface area contributed by atoms with Gasteiger partial charge in [-0.3, -0.25) is 0 Å². The van der Waals surface area contributed by atoms with E-state index in [0.29, 0.717) is 11.8 Å². The van der Waals surface area contributed by atoms with Crippen molar-refractivity contribution < 1.29 is 9.47 Å². The molecule has 0 heterocycles. The topological polar surface area (TPSA) is 18.5 Å². The number of hydrogen-bond donors (Lipinski definition) is 0. The van der Waals surface area contributed by atoms with Crippen LogP contribution in [0.15, 0.2) is 36.5 Å². The third kappa shape index (κ3) is 0.711. The van der Waals surface area contributed by atoms with Crippen LogP contribution >= 0.6 is 0 Å². The van der Waals surface area contributed by atoms with E-state index in [2.05, 4.69) is 36.5 Å². The van der Waals surface area contributed by atoms with E-state index >= 15 is 0 Å². The molecule has 0 radical (unpaired) electrons. The highest BCUT2D eigenvalue weighted by Crippen LogP contribution is 2.55. The molecular weight excluding hydrogens is 176 g/mol. The fourth-order valence-electron chi connectivity index (χ4n) is 3.08. The minimum absolute atomic E-state index is 0.232. The predicted molar refractivity (Wildman–Crippen MR) is 53.9 cm³/mol. The molecule has 3 rings (SSSR count). The number of methoxy groups -OCH3 is 2. The first-order valence-corrected chi connectivity index (χ1v) is 4.96. The lowest BCUT2D eigenvalue weighted by atomic mass is 9.83. The standard InChI is InChI=1S/C12H14O2/c1-13-11-5-3-9-4-6-12(14-2,8-7-11)10(9)11/h3-10H,1-2H3. The zero-order chi connectivity index (χ0) is 9.81. The molecule has 14 heavy (non-hydrogen) atoms. The van der Waals surface area contributed by atoms with Crippen LogP contribution in [0.3, 0.4) is 0 Å². The highest BCUT2D eigenvalue weighted by atomic mass is 16.5. The Hall–Kier alpha value is -0.860. The fraction of sp³-hybridized carbons (Fsp3) is 0.500. The van der Waals surface area contributed by atoms with Crippen LogP contribution in [0, 0.1) is 11.8 Å². The maximum Gasteiger partial charge on any atom is 0.111 e. The third-order valence-electron chi connectivity index (χ3n) is 3.83. The molecule has 0 saturated heterocycles. The van der Waals surface area contributed by atoms with Crippen LogP contribution in [0.2, 0.25) is 0 Å². The van der Waals surface area contributed by atoms with Gasteiger partial charge in [0.05, 0.1) is 0 Å². The predicted octanol–water partition coefficient (Wildman–Crippen LogP) is 1.70. The summed E-state index contributed by atoms with van der Waals surface area (Å²) in [4.78, 5) is 0. The van der Waals surface area contributed by atoms with Gasteiger partial charge < -0.3 is 9.47 Å². The Kier molecular flexibility index (Phi) is 1.44. The Morgan fingerprint density at radius 3 is 1.79 bits per heavy atom. The molecule has 0 fully saturated rings. The van der Waals surface area contributed by atoms with Gasteiger partial charge in [-0.1, -0.05) is 24.3 Å². The molecule has 0 spiro atoms. The van der Waals surface area contributed by atoms with Crippen molar-refractivity contribution in [2.24, 2.45) is 11.8 Å². The van der Waals surface area contributed by atoms with Gasteiger partial charge in [0.2, 0.25) is 0 Å². The van der Waals surface area contributed by atoms with Gasteiger partial charge in [-0.15, -0.1) is 0 Å². The lowest BCUT2D eigenvalue weighted by Gasteiger charge is -2.34. The van der Waals surface area contributed by atoms with Crippen LogP contribution in [-0.4, -0.2) is 25.4 Å². The minimum atomic E-state index is -0.232. The first-order valence-electron chi connectivity index (χ1n) is 4.96. The Bertz CT molecular complexity index is 323. The van der Waals surface area contributed by atoms with Crippen molar-refractivity contribution in [1.82, 2.24) is 0 Å². The Balaban J connectivity index is 2.12. The molecule has 0 N–H and O–H groups in total. The van der Waals surface area contributed by atoms with Crippen molar-refractivity contribution in [3.05, 3.63) is 36.5 Å². The average molecular weight is 190 g/mol. The lowest BCUT2D eigenvalue weighted by Crippen LogP contribution is -2.43. The van der Waals surface area contributed by atoms with Gasteiger partial charge >= 0.3 is 0 Å². The second kappa shape index (κ2) is 2.38. The summed E-state index contributed by atoms with van der Waals surface area (Å²) >= 11 is 0. The first kappa shape index (κ1) is 8.45. The normalized spacial score (nSPS) is 51.9. The van der Waals surface area contributed by atoms with Crippen molar-refractivity contribution in [3.8, 4) is 0 Å². The molecule has 3 aliphatic rings. The van der Waals surface area contributed by atoms with Gasteiger partial charge in [0, 0.05) is 26.1 Å². The molecule has 2 atom stereocenters. The molecule has 0 aromatic carbocycles. The molecule has 2 nitrogen and oxygen atoms in total. The van der Waals surface area contributed by atoms with Crippen LogP contribution in [0.5, 0.6) is 0 Å². The summed E-state index contributed by atoms with van der Waals surface area (Å²) in [5, 5.41) is 0. The number of allylic oxidation sites excluding steroid dienone is 2. The molecule has 2 heteroatoms. The smallest absolute Gasteiger partial charge is 0.111 e. The largest absolute Gasteiger partial charge is 0.370 e. The molecule has 0 amide bonds. The molecule has 0 aliphatic heterocycles. The maximum atomic E-state index is 5.64. The van der Waals surface area contributed by atoms with Crippen molar-refractivity contribution in [2.75, 3.05) is 14.2 Å². The van der Waals surface area contributed by atoms with Gasteiger partial charge in [-0.25, -0.2) is 0 Å². The molecule has 0 bridgehead atoms. The van der Waals surface area contributed by atoms with Gasteiger partial charge in [0.1, 0.15) is 11.2 Å². The summed E-state index contributed by atoms with van der Waals surface area (Å²) in [5.74, 6) is 0.829. The maximum absolute atomic E-state index is 5.64. The molecule has 0 aromatic heterocycles. The summed E-state index contributed by atoms with van der Waals surface area (Å²) in [6.07, 6.45) is 13.0. The molecule has 3 aliphatic carbocycles. The summed E-state index contributed by atoms with van der Waals surface area (Å²) < 4.78 is 11.3. The third-order valence-corrected chi connectivity index (χ3v) is 3.83. The summed E-state index contributed by atoms with van der Waals surface area (Å²) in [7, 11) is 3.53. The molecule has 2 unspecified atom stereocenters. The minimum Gasteiger partial charge on any atom is -0.370 e. The molecule has 0 saturated carbocycles. The van der Waals surface area contributed by atoms with Crippen molar-refractivity contribution in [2.45, 2.75) is 11.2 Å². The quantitative estimate of drug-likeness (QED) is 0.617. The highest BCUT2D eigenvalue weighted by molar-refractivity contribution is 5.46. The first-order chi connectivity index (χ1) is 6.76. The van der Waals surface area contributed by atoms with E-state index in [4.69, 9.17) is 9.47 Å². The Labute approximate surface area is 83.9 Å². The van der Waals surface area contributed by atoms with Crippen LogP contribution < -0.4 is 0 Å². The number of hydrogen-bond acceptors (Lipinski definition) is 2. The Morgan fingerprint density at radius 2 is 1.36 bits per heavy atom. The van der Waals surface area contributed by atoms with Crippen LogP contribution in [0.1, 0.15) is 0 Å². The van der Waals surface area contributed by atoms with E-state index < -0.39 is 0 Å². The van der Waals surface area contributed by atoms with Crippen LogP contribution in [-0.2, 0) is 9.47 Å². The SMILES string of the molecule is COC12C=CC3C=CC(OC)(C=C1)C32. The second-order valence-corrected chi connectivity index (χ2v) is 4.22. The monoisotopic (exact) mass is 190 g/mol. The van der Waals surface area contributed by atoms with E-state index in [1.807, 2.05) is 0 Å². The van der Waals surface area contributed by atoms with E-state index in [-0.39, 0.29) is 11.2 Å². The second-order valence-electron chi connectivity index (χ2n) is 4.22. The van der Waals surface area contributed by atoms with E-state index in [0.717, 1.165) is 0 Å². The lowest BCUT2D eigenvalue weighted by molar-refractivity contribution is -0.0473. The Morgan fingerprint density at radius 1 is 0.857 bits per heavy atom. The van der Waals surface area contributed by atoms with Crippen molar-refractivity contribution >= 4 is 0 Å². The zero-order valence-electron chi connectivity index (χ0n) is 8.44. The number of ether oxygens (including phenoxy) is 2. The van der Waals surface area contributed by atoms with Gasteiger partial charge in [-0.05, 0) is 12.2 Å². The fourth-order valence-corrected chi connectivity index (χ4v) is 3.08. The van der Waals surface area contributed by atoms with Crippen molar-refractivity contribution in [3.63, 3.8) is 0 Å². The van der Waals surface area contributed by atoms with Crippen LogP contribution in [0.25, 0.3) is 0 Å². The number of rotatable bonds is 2. The van der Waals surface area contributed by atoms with E-state index in [1.165, 1.54) is 0 Å². The van der Waals surface area contributed by atoms with Crippen molar-refractivity contribution in [1.29, 1.82) is 0 Å². The molecular formula is C12H14O2. The highest BCUT2D eigenvalue weighted by Gasteiger charge is 2.59. The average Bonchev–Trinajstić information content (AvgIpc) is 2.85. The van der Waals surface area contributed by atoms with Crippen LogP contribution in [0.4, 0.5) is 0 Å². The zero-order valence-corrected chi connectivity index (χ0v) is 8.44. The summed E-state index contributed by atoms with van der Waals surface area (Å²) in [6, 6.07) is 0. The van der Waals surface area contributed by atoms with E-state index in [1.54, 1.807) is 14.2 Å². The van der Waals surface area contributed by atoms with Gasteiger partial charge in [0.15, 0.2) is 0 Å². The molecule has 0 aromatic rings. The summed E-state index contributed by atoms with van der Waals surface area (Å²) in [5.41, 5.74) is -0.464. The molecule has 74 valence electrons. The van der Waals surface area contributed by atoms with Gasteiger partial charge in [-0.2, -0.15) is 0 Å². The summed E-state index contributed by atoms with van der Waals surface area (Å²) in [6.45, 7) is 0. The van der Waals surface area contributed by atoms with Gasteiger partial charge in [0.25, 0.3) is 0 Å².